The van der Waals surface area contributed by atoms with Crippen molar-refractivity contribution in [1.82, 2.24) is 5.32 Å². The predicted octanol–water partition coefficient (Wildman–Crippen LogP) is 4.52. The lowest BCUT2D eigenvalue weighted by Crippen LogP contribution is -2.25. The minimum atomic E-state index is 0.650. The number of benzene rings is 1. The van der Waals surface area contributed by atoms with E-state index in [2.05, 4.69) is 69.9 Å². The molecule has 2 aromatic rings. The van der Waals surface area contributed by atoms with Crippen LogP contribution < -0.4 is 5.32 Å². The van der Waals surface area contributed by atoms with E-state index in [0.29, 0.717) is 5.92 Å². The summed E-state index contributed by atoms with van der Waals surface area (Å²) >= 11 is 5.49. The maximum absolute atomic E-state index is 3.64. The highest BCUT2D eigenvalue weighted by Gasteiger charge is 2.13. The zero-order chi connectivity index (χ0) is 13.5. The average molecular weight is 338 g/mol. The van der Waals surface area contributed by atoms with Crippen LogP contribution in [0.25, 0.3) is 0 Å². The van der Waals surface area contributed by atoms with Crippen molar-refractivity contribution in [3.8, 4) is 0 Å². The van der Waals surface area contributed by atoms with Crippen molar-refractivity contribution >= 4 is 27.3 Å². The van der Waals surface area contributed by atoms with Crippen molar-refractivity contribution in [2.75, 3.05) is 13.1 Å². The Balaban J connectivity index is 2.01. The maximum Gasteiger partial charge on any atom is 0.0314 e. The second kappa shape index (κ2) is 7.83. The van der Waals surface area contributed by atoms with E-state index < -0.39 is 0 Å². The van der Waals surface area contributed by atoms with Crippen molar-refractivity contribution in [2.24, 2.45) is 5.92 Å². The van der Waals surface area contributed by atoms with E-state index in [1.54, 1.807) is 0 Å². The van der Waals surface area contributed by atoms with Crippen LogP contribution in [0.3, 0.4) is 0 Å². The molecule has 2 rings (SSSR count). The SMILES string of the molecule is CCNCC(Cc1ccccc1)Cc1sccc1Br. The smallest absolute Gasteiger partial charge is 0.0314 e. The summed E-state index contributed by atoms with van der Waals surface area (Å²) in [5.41, 5.74) is 1.43. The third-order valence-corrected chi connectivity index (χ3v) is 5.16. The molecule has 0 fully saturated rings. The molecule has 0 aliphatic rings. The van der Waals surface area contributed by atoms with E-state index >= 15 is 0 Å². The van der Waals surface area contributed by atoms with Crippen LogP contribution in [0.4, 0.5) is 0 Å². The van der Waals surface area contributed by atoms with Gasteiger partial charge in [0, 0.05) is 9.35 Å². The number of nitrogens with one attached hydrogen (secondary N) is 1. The molecule has 0 saturated carbocycles. The van der Waals surface area contributed by atoms with E-state index in [0.717, 1.165) is 25.9 Å². The topological polar surface area (TPSA) is 12.0 Å². The normalized spacial score (nSPS) is 12.5. The lowest BCUT2D eigenvalue weighted by Gasteiger charge is -2.17. The highest BCUT2D eigenvalue weighted by Crippen LogP contribution is 2.26. The summed E-state index contributed by atoms with van der Waals surface area (Å²) in [6, 6.07) is 12.9. The molecule has 0 saturated heterocycles. The van der Waals surface area contributed by atoms with Gasteiger partial charge in [-0.05, 0) is 64.8 Å². The first-order valence-corrected chi connectivity index (χ1v) is 8.43. The monoisotopic (exact) mass is 337 g/mol. The summed E-state index contributed by atoms with van der Waals surface area (Å²) in [6.07, 6.45) is 2.28. The quantitative estimate of drug-likeness (QED) is 0.783. The third kappa shape index (κ3) is 4.75. The van der Waals surface area contributed by atoms with Gasteiger partial charge in [-0.25, -0.2) is 0 Å². The first-order valence-electron chi connectivity index (χ1n) is 6.76. The molecule has 0 aliphatic carbocycles. The molecule has 19 heavy (non-hydrogen) atoms. The maximum atomic E-state index is 3.64. The fourth-order valence-corrected chi connectivity index (χ4v) is 3.88. The number of thiophene rings is 1. The second-order valence-corrected chi connectivity index (χ2v) is 6.61. The van der Waals surface area contributed by atoms with Crippen molar-refractivity contribution in [2.45, 2.75) is 19.8 Å². The first kappa shape index (κ1) is 14.8. The Kier molecular flexibility index (Phi) is 6.08. The zero-order valence-corrected chi connectivity index (χ0v) is 13.6. The van der Waals surface area contributed by atoms with Gasteiger partial charge in [-0.2, -0.15) is 0 Å². The molecule has 0 radical (unpaired) electrons. The lowest BCUT2D eigenvalue weighted by molar-refractivity contribution is 0.480. The molecule has 3 heteroatoms. The van der Waals surface area contributed by atoms with Crippen molar-refractivity contribution < 1.29 is 0 Å². The molecule has 0 aliphatic heterocycles. The van der Waals surface area contributed by atoms with Gasteiger partial charge in [-0.3, -0.25) is 0 Å². The third-order valence-electron chi connectivity index (χ3n) is 3.22. The van der Waals surface area contributed by atoms with Crippen LogP contribution in [-0.4, -0.2) is 13.1 Å². The predicted molar refractivity (Wildman–Crippen MR) is 87.9 cm³/mol. The summed E-state index contributed by atoms with van der Waals surface area (Å²) in [6.45, 7) is 4.28. The Labute approximate surface area is 128 Å². The van der Waals surface area contributed by atoms with Gasteiger partial charge < -0.3 is 5.32 Å². The van der Waals surface area contributed by atoms with Crippen LogP contribution in [0, 0.1) is 5.92 Å². The Hall–Kier alpha value is -0.640. The van der Waals surface area contributed by atoms with E-state index in [9.17, 15) is 0 Å². The van der Waals surface area contributed by atoms with E-state index in [1.807, 2.05) is 11.3 Å². The van der Waals surface area contributed by atoms with Crippen molar-refractivity contribution in [1.29, 1.82) is 0 Å². The average Bonchev–Trinajstić information content (AvgIpc) is 2.83. The van der Waals surface area contributed by atoms with Crippen LogP contribution in [0.5, 0.6) is 0 Å². The number of hydrogen-bond acceptors (Lipinski definition) is 2. The van der Waals surface area contributed by atoms with Crippen molar-refractivity contribution in [3.05, 3.63) is 56.7 Å². The minimum Gasteiger partial charge on any atom is -0.317 e. The standard InChI is InChI=1S/C16H20BrNS/c1-2-18-12-14(10-13-6-4-3-5-7-13)11-16-15(17)8-9-19-16/h3-9,14,18H,2,10-12H2,1H3. The summed E-state index contributed by atoms with van der Waals surface area (Å²) in [5, 5.41) is 5.65. The molecule has 1 atom stereocenters. The van der Waals surface area contributed by atoms with Crippen LogP contribution in [0.15, 0.2) is 46.3 Å². The van der Waals surface area contributed by atoms with E-state index in [-0.39, 0.29) is 0 Å². The Morgan fingerprint density at radius 2 is 1.95 bits per heavy atom. The number of halogens is 1. The van der Waals surface area contributed by atoms with Gasteiger partial charge in [0.25, 0.3) is 0 Å². The molecule has 1 aromatic carbocycles. The molecular formula is C16H20BrNS. The molecule has 1 heterocycles. The fraction of sp³-hybridized carbons (Fsp3) is 0.375. The lowest BCUT2D eigenvalue weighted by atomic mass is 9.95. The Bertz CT molecular complexity index is 481. The van der Waals surface area contributed by atoms with Crippen LogP contribution in [0.2, 0.25) is 0 Å². The second-order valence-electron chi connectivity index (χ2n) is 4.76. The van der Waals surface area contributed by atoms with Gasteiger partial charge in [0.15, 0.2) is 0 Å². The molecule has 0 amide bonds. The van der Waals surface area contributed by atoms with Crippen LogP contribution >= 0.6 is 27.3 Å². The van der Waals surface area contributed by atoms with Gasteiger partial charge in [0.1, 0.15) is 0 Å². The first-order chi connectivity index (χ1) is 9.29. The van der Waals surface area contributed by atoms with Gasteiger partial charge >= 0.3 is 0 Å². The van der Waals surface area contributed by atoms with E-state index in [4.69, 9.17) is 0 Å². The number of rotatable bonds is 7. The largest absolute Gasteiger partial charge is 0.317 e. The highest BCUT2D eigenvalue weighted by molar-refractivity contribution is 9.10. The highest BCUT2D eigenvalue weighted by atomic mass is 79.9. The molecule has 1 aromatic heterocycles. The molecule has 0 bridgehead atoms. The van der Waals surface area contributed by atoms with Crippen LogP contribution in [0.1, 0.15) is 17.4 Å². The molecule has 1 nitrogen and oxygen atoms in total. The molecule has 102 valence electrons. The summed E-state index contributed by atoms with van der Waals surface area (Å²) < 4.78 is 1.26. The minimum absolute atomic E-state index is 0.650. The van der Waals surface area contributed by atoms with Gasteiger partial charge in [0.2, 0.25) is 0 Å². The Morgan fingerprint density at radius 1 is 1.16 bits per heavy atom. The van der Waals surface area contributed by atoms with E-state index in [1.165, 1.54) is 14.9 Å². The Morgan fingerprint density at radius 3 is 2.58 bits per heavy atom. The fourth-order valence-electron chi connectivity index (χ4n) is 2.25. The van der Waals surface area contributed by atoms with Crippen LogP contribution in [-0.2, 0) is 12.8 Å². The molecule has 1 N–H and O–H groups in total. The van der Waals surface area contributed by atoms with Crippen molar-refractivity contribution in [3.63, 3.8) is 0 Å². The van der Waals surface area contributed by atoms with Gasteiger partial charge in [-0.15, -0.1) is 11.3 Å². The molecule has 1 unspecified atom stereocenters. The molecule has 0 spiro atoms. The molecular weight excluding hydrogens is 318 g/mol. The summed E-state index contributed by atoms with van der Waals surface area (Å²) in [7, 11) is 0. The summed E-state index contributed by atoms with van der Waals surface area (Å²) in [4.78, 5) is 1.46. The zero-order valence-electron chi connectivity index (χ0n) is 11.2. The van der Waals surface area contributed by atoms with Gasteiger partial charge in [-0.1, -0.05) is 37.3 Å². The summed E-state index contributed by atoms with van der Waals surface area (Å²) in [5.74, 6) is 0.650. The van der Waals surface area contributed by atoms with Gasteiger partial charge in [0.05, 0.1) is 0 Å². The number of hydrogen-bond donors (Lipinski definition) is 1.